The molecule has 0 bridgehead atoms. The van der Waals surface area contributed by atoms with Crippen molar-refractivity contribution >= 4 is 17.4 Å². The number of benzene rings is 2. The molecule has 164 valence electrons. The summed E-state index contributed by atoms with van der Waals surface area (Å²) in [7, 11) is 6.93. The Morgan fingerprint density at radius 1 is 1.03 bits per heavy atom. The van der Waals surface area contributed by atoms with Crippen LogP contribution in [0.15, 0.2) is 54.1 Å². The molecule has 31 heavy (non-hydrogen) atoms. The van der Waals surface area contributed by atoms with Crippen LogP contribution in [-0.4, -0.2) is 68.0 Å². The van der Waals surface area contributed by atoms with Crippen LogP contribution in [0.3, 0.4) is 0 Å². The van der Waals surface area contributed by atoms with Gasteiger partial charge in [0.05, 0.1) is 25.8 Å². The molecule has 1 N–H and O–H groups in total. The maximum absolute atomic E-state index is 13.0. The molecule has 1 fully saturated rings. The number of carbonyl (C=O) groups excluding carboxylic acids is 2. The van der Waals surface area contributed by atoms with Crippen LogP contribution in [0.25, 0.3) is 5.76 Å². The molecule has 7 heteroatoms. The van der Waals surface area contributed by atoms with Crippen molar-refractivity contribution in [1.29, 1.82) is 0 Å². The van der Waals surface area contributed by atoms with Crippen LogP contribution >= 0.6 is 0 Å². The van der Waals surface area contributed by atoms with Crippen molar-refractivity contribution in [1.82, 2.24) is 9.80 Å². The Bertz CT molecular complexity index is 985. The van der Waals surface area contributed by atoms with Gasteiger partial charge in [0.1, 0.15) is 5.76 Å². The van der Waals surface area contributed by atoms with Crippen molar-refractivity contribution in [3.8, 4) is 11.5 Å². The lowest BCUT2D eigenvalue weighted by Crippen LogP contribution is -2.32. The van der Waals surface area contributed by atoms with E-state index < -0.39 is 17.7 Å². The number of likely N-dealkylation sites (tertiary alicyclic amines) is 1. The third kappa shape index (κ3) is 4.56. The normalized spacial score (nSPS) is 18.0. The third-order valence-corrected chi connectivity index (χ3v) is 5.32. The van der Waals surface area contributed by atoms with Crippen LogP contribution in [-0.2, 0) is 9.59 Å². The second kappa shape index (κ2) is 9.66. The number of methoxy groups -OCH3 is 2. The average Bonchev–Trinajstić information content (AvgIpc) is 3.03. The van der Waals surface area contributed by atoms with Crippen molar-refractivity contribution in [3.05, 3.63) is 65.2 Å². The highest BCUT2D eigenvalue weighted by Crippen LogP contribution is 2.40. The summed E-state index contributed by atoms with van der Waals surface area (Å²) in [5.41, 5.74) is 1.23. The van der Waals surface area contributed by atoms with E-state index in [1.807, 2.05) is 49.3 Å². The number of carbonyl (C=O) groups is 2. The lowest BCUT2D eigenvalue weighted by atomic mass is 9.95. The van der Waals surface area contributed by atoms with E-state index in [0.717, 1.165) is 12.1 Å². The Morgan fingerprint density at radius 3 is 2.32 bits per heavy atom. The fourth-order valence-electron chi connectivity index (χ4n) is 3.79. The molecule has 0 aliphatic carbocycles. The van der Waals surface area contributed by atoms with E-state index in [-0.39, 0.29) is 11.3 Å². The largest absolute Gasteiger partial charge is 0.507 e. The van der Waals surface area contributed by atoms with Gasteiger partial charge in [-0.15, -0.1) is 0 Å². The van der Waals surface area contributed by atoms with Crippen molar-refractivity contribution < 1.29 is 24.2 Å². The second-order valence-electron chi connectivity index (χ2n) is 7.63. The first-order valence-electron chi connectivity index (χ1n) is 10.1. The molecule has 7 nitrogen and oxygen atoms in total. The minimum Gasteiger partial charge on any atom is -0.507 e. The second-order valence-corrected chi connectivity index (χ2v) is 7.63. The van der Waals surface area contributed by atoms with E-state index in [9.17, 15) is 14.7 Å². The zero-order valence-corrected chi connectivity index (χ0v) is 18.3. The standard InChI is InChI=1S/C24H28N2O5/c1-25(2)13-8-14-26-21(16-9-6-5-7-10-16)20(23(28)24(26)29)22(27)17-11-12-18(30-3)19(15-17)31-4/h5-7,9-12,15,21,27H,8,13-14H2,1-4H3/t21-/m0/s1. The van der Waals surface area contributed by atoms with Gasteiger partial charge in [-0.25, -0.2) is 0 Å². The number of ether oxygens (including phenoxy) is 2. The van der Waals surface area contributed by atoms with E-state index in [1.54, 1.807) is 23.1 Å². The summed E-state index contributed by atoms with van der Waals surface area (Å²) < 4.78 is 10.6. The molecule has 0 unspecified atom stereocenters. The van der Waals surface area contributed by atoms with Gasteiger partial charge < -0.3 is 24.4 Å². The van der Waals surface area contributed by atoms with Crippen molar-refractivity contribution in [3.63, 3.8) is 0 Å². The molecule has 1 atom stereocenters. The summed E-state index contributed by atoms with van der Waals surface area (Å²) >= 11 is 0. The number of rotatable bonds is 8. The smallest absolute Gasteiger partial charge is 0.295 e. The van der Waals surface area contributed by atoms with Crippen molar-refractivity contribution in [2.75, 3.05) is 41.4 Å². The summed E-state index contributed by atoms with van der Waals surface area (Å²) in [5.74, 6) is -0.602. The Balaban J connectivity index is 2.09. The fourth-order valence-corrected chi connectivity index (χ4v) is 3.79. The molecule has 0 radical (unpaired) electrons. The molecular weight excluding hydrogens is 396 g/mol. The van der Waals surface area contributed by atoms with E-state index in [4.69, 9.17) is 9.47 Å². The number of hydrogen-bond donors (Lipinski definition) is 1. The molecule has 0 aromatic heterocycles. The lowest BCUT2D eigenvalue weighted by molar-refractivity contribution is -0.139. The van der Waals surface area contributed by atoms with Gasteiger partial charge in [0.15, 0.2) is 11.5 Å². The van der Waals surface area contributed by atoms with Gasteiger partial charge in [-0.05, 0) is 50.8 Å². The van der Waals surface area contributed by atoms with E-state index >= 15 is 0 Å². The lowest BCUT2D eigenvalue weighted by Gasteiger charge is -2.26. The zero-order chi connectivity index (χ0) is 22.5. The summed E-state index contributed by atoms with van der Waals surface area (Å²) in [4.78, 5) is 29.5. The Hall–Kier alpha value is -3.32. The first-order chi connectivity index (χ1) is 14.9. The van der Waals surface area contributed by atoms with Gasteiger partial charge in [-0.3, -0.25) is 9.59 Å². The number of aliphatic hydroxyl groups is 1. The van der Waals surface area contributed by atoms with Gasteiger partial charge in [-0.1, -0.05) is 30.3 Å². The predicted octanol–water partition coefficient (Wildman–Crippen LogP) is 3.08. The van der Waals surface area contributed by atoms with Crippen LogP contribution in [0.1, 0.15) is 23.6 Å². The Morgan fingerprint density at radius 2 is 1.71 bits per heavy atom. The van der Waals surface area contributed by atoms with E-state index in [2.05, 4.69) is 0 Å². The molecule has 2 aromatic carbocycles. The number of Topliss-reactive ketones (excluding diaryl/α,β-unsaturated/α-hetero) is 1. The molecule has 2 aromatic rings. The summed E-state index contributed by atoms with van der Waals surface area (Å²) in [6, 6.07) is 13.5. The number of aliphatic hydroxyl groups excluding tert-OH is 1. The summed E-state index contributed by atoms with van der Waals surface area (Å²) in [6.07, 6.45) is 0.708. The third-order valence-electron chi connectivity index (χ3n) is 5.32. The number of amides is 1. The van der Waals surface area contributed by atoms with Crippen LogP contribution in [0.5, 0.6) is 11.5 Å². The first kappa shape index (κ1) is 22.4. The maximum atomic E-state index is 13.0. The number of ketones is 1. The molecular formula is C24H28N2O5. The highest BCUT2D eigenvalue weighted by Gasteiger charge is 2.45. The highest BCUT2D eigenvalue weighted by atomic mass is 16.5. The average molecular weight is 424 g/mol. The van der Waals surface area contributed by atoms with Crippen LogP contribution in [0.4, 0.5) is 0 Å². The molecule has 1 aliphatic rings. The fraction of sp³-hybridized carbons (Fsp3) is 0.333. The van der Waals surface area contributed by atoms with Crippen LogP contribution < -0.4 is 9.47 Å². The molecule has 0 spiro atoms. The quantitative estimate of drug-likeness (QED) is 0.399. The van der Waals surface area contributed by atoms with Crippen LogP contribution in [0, 0.1) is 0 Å². The Labute approximate surface area is 182 Å². The number of nitrogens with zero attached hydrogens (tertiary/aromatic N) is 2. The Kier molecular flexibility index (Phi) is 6.97. The molecule has 1 saturated heterocycles. The zero-order valence-electron chi connectivity index (χ0n) is 18.3. The molecule has 1 heterocycles. The molecule has 3 rings (SSSR count). The van der Waals surface area contributed by atoms with Crippen molar-refractivity contribution in [2.45, 2.75) is 12.5 Å². The van der Waals surface area contributed by atoms with Crippen molar-refractivity contribution in [2.24, 2.45) is 0 Å². The van der Waals surface area contributed by atoms with E-state index in [1.165, 1.54) is 14.2 Å². The highest BCUT2D eigenvalue weighted by molar-refractivity contribution is 6.46. The number of hydrogen-bond acceptors (Lipinski definition) is 6. The topological polar surface area (TPSA) is 79.3 Å². The van der Waals surface area contributed by atoms with Gasteiger partial charge in [-0.2, -0.15) is 0 Å². The molecule has 1 amide bonds. The summed E-state index contributed by atoms with van der Waals surface area (Å²) in [5, 5.41) is 11.1. The maximum Gasteiger partial charge on any atom is 0.295 e. The minimum absolute atomic E-state index is 0.0771. The van der Waals surface area contributed by atoms with E-state index in [0.29, 0.717) is 30.0 Å². The van der Waals surface area contributed by atoms with Gasteiger partial charge in [0.2, 0.25) is 0 Å². The first-order valence-corrected chi connectivity index (χ1v) is 10.1. The van der Waals surface area contributed by atoms with Gasteiger partial charge in [0, 0.05) is 12.1 Å². The molecule has 1 aliphatic heterocycles. The summed E-state index contributed by atoms with van der Waals surface area (Å²) in [6.45, 7) is 1.19. The van der Waals surface area contributed by atoms with Crippen LogP contribution in [0.2, 0.25) is 0 Å². The SMILES string of the molecule is COc1ccc(C(O)=C2C(=O)C(=O)N(CCCN(C)C)[C@H]2c2ccccc2)cc1OC. The monoisotopic (exact) mass is 424 g/mol. The van der Waals surface area contributed by atoms with Gasteiger partial charge >= 0.3 is 0 Å². The molecule has 0 saturated carbocycles. The predicted molar refractivity (Wildman–Crippen MR) is 118 cm³/mol. The van der Waals surface area contributed by atoms with Gasteiger partial charge in [0.25, 0.3) is 11.7 Å². The minimum atomic E-state index is -0.689.